The third-order valence-electron chi connectivity index (χ3n) is 1.48. The van der Waals surface area contributed by atoms with Gasteiger partial charge in [-0.2, -0.15) is 0 Å². The van der Waals surface area contributed by atoms with E-state index in [1.165, 1.54) is 17.1 Å². The summed E-state index contributed by atoms with van der Waals surface area (Å²) < 4.78 is 6.24. The smallest absolute Gasteiger partial charge is 0.419 e. The summed E-state index contributed by atoms with van der Waals surface area (Å²) in [5.74, 6) is 0. The molecule has 0 bridgehead atoms. The zero-order valence-electron chi connectivity index (χ0n) is 7.80. The SMILES string of the molecule is CN(C)CCOC(=O)n1ccnc1. The largest absolute Gasteiger partial charge is 0.448 e. The molecule has 1 heterocycles. The summed E-state index contributed by atoms with van der Waals surface area (Å²) in [6, 6.07) is 0. The van der Waals surface area contributed by atoms with Crippen LogP contribution in [0.15, 0.2) is 18.7 Å². The van der Waals surface area contributed by atoms with E-state index in [1.54, 1.807) is 6.20 Å². The number of carbonyl (C=O) groups is 1. The van der Waals surface area contributed by atoms with Crippen LogP contribution in [-0.2, 0) is 4.74 Å². The molecule has 0 aliphatic rings. The summed E-state index contributed by atoms with van der Waals surface area (Å²) in [5.41, 5.74) is 0. The normalized spacial score (nSPS) is 10.4. The summed E-state index contributed by atoms with van der Waals surface area (Å²) in [4.78, 5) is 16.9. The maximum atomic E-state index is 11.2. The molecule has 1 aromatic heterocycles. The molecule has 1 aromatic rings. The minimum absolute atomic E-state index is 0.389. The maximum Gasteiger partial charge on any atom is 0.419 e. The van der Waals surface area contributed by atoms with Crippen molar-refractivity contribution in [3.63, 3.8) is 0 Å². The highest BCUT2D eigenvalue weighted by Gasteiger charge is 2.03. The van der Waals surface area contributed by atoms with Crippen LogP contribution in [0.4, 0.5) is 4.79 Å². The molecule has 0 aliphatic heterocycles. The van der Waals surface area contributed by atoms with E-state index < -0.39 is 0 Å². The molecule has 0 saturated heterocycles. The third kappa shape index (κ3) is 3.25. The maximum absolute atomic E-state index is 11.2. The quantitative estimate of drug-likeness (QED) is 0.681. The minimum atomic E-state index is -0.389. The number of hydrogen-bond acceptors (Lipinski definition) is 4. The van der Waals surface area contributed by atoms with Crippen LogP contribution in [0.3, 0.4) is 0 Å². The van der Waals surface area contributed by atoms with Crippen molar-refractivity contribution in [3.05, 3.63) is 18.7 Å². The predicted octanol–water partition coefficient (Wildman–Crippen LogP) is 0.429. The molecule has 0 saturated carbocycles. The van der Waals surface area contributed by atoms with E-state index in [1.807, 2.05) is 19.0 Å². The fraction of sp³-hybridized carbons (Fsp3) is 0.500. The Morgan fingerprint density at radius 2 is 2.38 bits per heavy atom. The molecule has 0 atom stereocenters. The molecule has 0 fully saturated rings. The van der Waals surface area contributed by atoms with E-state index >= 15 is 0 Å². The van der Waals surface area contributed by atoms with Gasteiger partial charge >= 0.3 is 6.09 Å². The number of hydrogen-bond donors (Lipinski definition) is 0. The Hall–Kier alpha value is -1.36. The second-order valence-corrected chi connectivity index (χ2v) is 2.89. The van der Waals surface area contributed by atoms with E-state index in [0.717, 1.165) is 6.54 Å². The van der Waals surface area contributed by atoms with Gasteiger partial charge in [-0.25, -0.2) is 14.3 Å². The third-order valence-corrected chi connectivity index (χ3v) is 1.48. The standard InChI is InChI=1S/C8H13N3O2/c1-10(2)5-6-13-8(12)11-4-3-9-7-11/h3-4,7H,5-6H2,1-2H3. The second-order valence-electron chi connectivity index (χ2n) is 2.89. The van der Waals surface area contributed by atoms with Gasteiger partial charge in [0.25, 0.3) is 0 Å². The lowest BCUT2D eigenvalue weighted by molar-refractivity contribution is 0.138. The van der Waals surface area contributed by atoms with Crippen molar-refractivity contribution >= 4 is 6.09 Å². The number of nitrogens with zero attached hydrogens (tertiary/aromatic N) is 3. The van der Waals surface area contributed by atoms with Crippen molar-refractivity contribution in [2.45, 2.75) is 0 Å². The summed E-state index contributed by atoms with van der Waals surface area (Å²) in [7, 11) is 3.84. The molecule has 0 radical (unpaired) electrons. The van der Waals surface area contributed by atoms with Crippen molar-refractivity contribution in [1.82, 2.24) is 14.5 Å². The molecule has 0 aromatic carbocycles. The van der Waals surface area contributed by atoms with Gasteiger partial charge in [0, 0.05) is 18.9 Å². The zero-order valence-corrected chi connectivity index (χ0v) is 7.80. The van der Waals surface area contributed by atoms with E-state index in [4.69, 9.17) is 4.74 Å². The molecule has 5 nitrogen and oxygen atoms in total. The van der Waals surface area contributed by atoms with Gasteiger partial charge in [-0.15, -0.1) is 0 Å². The first kappa shape index (κ1) is 9.73. The van der Waals surface area contributed by atoms with Crippen LogP contribution in [0.25, 0.3) is 0 Å². The summed E-state index contributed by atoms with van der Waals surface area (Å²) >= 11 is 0. The molecule has 0 N–H and O–H groups in total. The highest BCUT2D eigenvalue weighted by atomic mass is 16.5. The summed E-state index contributed by atoms with van der Waals surface area (Å²) in [5, 5.41) is 0. The fourth-order valence-corrected chi connectivity index (χ4v) is 0.757. The Labute approximate surface area is 76.9 Å². The number of likely N-dealkylation sites (N-methyl/N-ethyl adjacent to an activating group) is 1. The van der Waals surface area contributed by atoms with Crippen molar-refractivity contribution in [1.29, 1.82) is 0 Å². The molecular formula is C8H13N3O2. The van der Waals surface area contributed by atoms with Crippen molar-refractivity contribution in [2.24, 2.45) is 0 Å². The lowest BCUT2D eigenvalue weighted by Gasteiger charge is -2.09. The average Bonchev–Trinajstić information content (AvgIpc) is 2.55. The fourth-order valence-electron chi connectivity index (χ4n) is 0.757. The van der Waals surface area contributed by atoms with E-state index in [-0.39, 0.29) is 6.09 Å². The van der Waals surface area contributed by atoms with Crippen molar-refractivity contribution in [3.8, 4) is 0 Å². The Morgan fingerprint density at radius 3 is 2.92 bits per heavy atom. The number of aromatic nitrogens is 2. The van der Waals surface area contributed by atoms with Crippen LogP contribution in [0.2, 0.25) is 0 Å². The van der Waals surface area contributed by atoms with Gasteiger partial charge in [-0.05, 0) is 14.1 Å². The van der Waals surface area contributed by atoms with Gasteiger partial charge in [0.2, 0.25) is 0 Å². The first-order chi connectivity index (χ1) is 6.20. The Kier molecular flexibility index (Phi) is 3.45. The van der Waals surface area contributed by atoms with E-state index in [0.29, 0.717) is 6.61 Å². The van der Waals surface area contributed by atoms with Crippen LogP contribution in [0, 0.1) is 0 Å². The van der Waals surface area contributed by atoms with Crippen LogP contribution in [0.1, 0.15) is 0 Å². The van der Waals surface area contributed by atoms with Gasteiger partial charge in [-0.1, -0.05) is 0 Å². The molecule has 0 unspecified atom stereocenters. The first-order valence-electron chi connectivity index (χ1n) is 4.00. The number of carbonyl (C=O) groups excluding carboxylic acids is 1. The molecule has 0 spiro atoms. The molecule has 13 heavy (non-hydrogen) atoms. The molecule has 0 aliphatic carbocycles. The van der Waals surface area contributed by atoms with Crippen LogP contribution >= 0.6 is 0 Å². The van der Waals surface area contributed by atoms with Crippen LogP contribution in [0.5, 0.6) is 0 Å². The zero-order chi connectivity index (χ0) is 9.68. The molecule has 0 amide bonds. The molecular weight excluding hydrogens is 170 g/mol. The predicted molar refractivity (Wildman–Crippen MR) is 47.5 cm³/mol. The summed E-state index contributed by atoms with van der Waals surface area (Å²) in [6.45, 7) is 1.12. The topological polar surface area (TPSA) is 47.4 Å². The van der Waals surface area contributed by atoms with Crippen molar-refractivity contribution < 1.29 is 9.53 Å². The number of imidazole rings is 1. The van der Waals surface area contributed by atoms with E-state index in [2.05, 4.69) is 4.98 Å². The number of rotatable bonds is 3. The highest BCUT2D eigenvalue weighted by Crippen LogP contribution is 1.89. The van der Waals surface area contributed by atoms with Gasteiger partial charge in [0.15, 0.2) is 0 Å². The molecule has 5 heteroatoms. The Bertz CT molecular complexity index is 256. The van der Waals surface area contributed by atoms with Gasteiger partial charge in [0.05, 0.1) is 0 Å². The van der Waals surface area contributed by atoms with Crippen LogP contribution in [-0.4, -0.2) is 47.8 Å². The Balaban J connectivity index is 2.27. The van der Waals surface area contributed by atoms with Gasteiger partial charge < -0.3 is 9.64 Å². The van der Waals surface area contributed by atoms with Crippen LogP contribution < -0.4 is 0 Å². The number of ether oxygens (including phenoxy) is 1. The summed E-state index contributed by atoms with van der Waals surface area (Å²) in [6.07, 6.45) is 4.11. The highest BCUT2D eigenvalue weighted by molar-refractivity contribution is 5.69. The van der Waals surface area contributed by atoms with E-state index in [9.17, 15) is 4.79 Å². The van der Waals surface area contributed by atoms with Crippen molar-refractivity contribution in [2.75, 3.05) is 27.2 Å². The average molecular weight is 183 g/mol. The minimum Gasteiger partial charge on any atom is -0.448 e. The molecule has 72 valence electrons. The van der Waals surface area contributed by atoms with Gasteiger partial charge in [-0.3, -0.25) is 0 Å². The van der Waals surface area contributed by atoms with Gasteiger partial charge in [0.1, 0.15) is 12.9 Å². The molecule has 1 rings (SSSR count). The first-order valence-corrected chi connectivity index (χ1v) is 4.00. The lowest BCUT2D eigenvalue weighted by Crippen LogP contribution is -2.21. The second kappa shape index (κ2) is 4.61. The Morgan fingerprint density at radius 1 is 1.62 bits per heavy atom. The lowest BCUT2D eigenvalue weighted by atomic mass is 10.6. The monoisotopic (exact) mass is 183 g/mol.